The summed E-state index contributed by atoms with van der Waals surface area (Å²) in [6, 6.07) is 2.25. The Kier molecular flexibility index (Phi) is 6.71. The molecule has 0 saturated carbocycles. The number of piperidine rings is 1. The van der Waals surface area contributed by atoms with Gasteiger partial charge in [0, 0.05) is 31.3 Å². The van der Waals surface area contributed by atoms with Gasteiger partial charge in [-0.15, -0.1) is 12.4 Å². The van der Waals surface area contributed by atoms with Crippen LogP contribution in [0.15, 0.2) is 23.1 Å². The van der Waals surface area contributed by atoms with Crippen LogP contribution in [0.4, 0.5) is 5.69 Å². The molecule has 0 radical (unpaired) electrons. The van der Waals surface area contributed by atoms with E-state index in [1.54, 1.807) is 4.90 Å². The molecule has 2 heterocycles. The van der Waals surface area contributed by atoms with E-state index in [-0.39, 0.29) is 42.5 Å². The number of nitro groups is 1. The molecule has 128 valence electrons. The number of nitrogens with zero attached hydrogens (tertiary/aromatic N) is 3. The first kappa shape index (κ1) is 19.1. The maximum atomic E-state index is 12.3. The molecule has 2 N–H and O–H groups in total. The van der Waals surface area contributed by atoms with E-state index < -0.39 is 10.5 Å². The normalized spacial score (nSPS) is 18.9. The van der Waals surface area contributed by atoms with Gasteiger partial charge in [0.05, 0.1) is 11.1 Å². The molecule has 1 aromatic heterocycles. The molecule has 9 heteroatoms. The standard InChI is InChI=1S/C14H20N4O4.ClH/c1-10(15)11-3-2-6-16(7-11)14(20)9-17-8-12(18(21)22)4-5-13(17)19;/h4-5,8,10-11H,2-3,6-7,9,15H2,1H3;1H. The molecule has 2 atom stereocenters. The number of amides is 1. The second-order valence-electron chi connectivity index (χ2n) is 5.71. The first-order chi connectivity index (χ1) is 10.4. The first-order valence-corrected chi connectivity index (χ1v) is 7.26. The zero-order valence-corrected chi connectivity index (χ0v) is 13.7. The number of pyridine rings is 1. The van der Waals surface area contributed by atoms with Gasteiger partial charge >= 0.3 is 0 Å². The third-order valence-electron chi connectivity index (χ3n) is 4.04. The van der Waals surface area contributed by atoms with Crippen molar-refractivity contribution in [1.82, 2.24) is 9.47 Å². The van der Waals surface area contributed by atoms with Crippen LogP contribution in [-0.4, -0.2) is 39.4 Å². The fourth-order valence-electron chi connectivity index (χ4n) is 2.66. The van der Waals surface area contributed by atoms with E-state index in [1.807, 2.05) is 6.92 Å². The van der Waals surface area contributed by atoms with Crippen LogP contribution in [0.2, 0.25) is 0 Å². The predicted octanol–water partition coefficient (Wildman–Crippen LogP) is 0.764. The highest BCUT2D eigenvalue weighted by atomic mass is 35.5. The van der Waals surface area contributed by atoms with Crippen LogP contribution >= 0.6 is 12.4 Å². The smallest absolute Gasteiger partial charge is 0.285 e. The second kappa shape index (κ2) is 8.07. The summed E-state index contributed by atoms with van der Waals surface area (Å²) < 4.78 is 1.08. The van der Waals surface area contributed by atoms with Crippen LogP contribution in [0.1, 0.15) is 19.8 Å². The number of rotatable bonds is 4. The molecule has 2 unspecified atom stereocenters. The zero-order valence-electron chi connectivity index (χ0n) is 12.9. The monoisotopic (exact) mass is 344 g/mol. The van der Waals surface area contributed by atoms with Crippen molar-refractivity contribution in [3.63, 3.8) is 0 Å². The van der Waals surface area contributed by atoms with Crippen LogP contribution in [0.5, 0.6) is 0 Å². The van der Waals surface area contributed by atoms with Crippen molar-refractivity contribution < 1.29 is 9.72 Å². The number of carbonyl (C=O) groups is 1. The maximum Gasteiger partial charge on any atom is 0.285 e. The molecule has 1 aliphatic heterocycles. The Labute approximate surface area is 139 Å². The predicted molar refractivity (Wildman–Crippen MR) is 87.6 cm³/mol. The molecule has 1 amide bonds. The summed E-state index contributed by atoms with van der Waals surface area (Å²) in [6.07, 6.45) is 2.97. The van der Waals surface area contributed by atoms with Gasteiger partial charge in [-0.2, -0.15) is 0 Å². The van der Waals surface area contributed by atoms with E-state index in [1.165, 1.54) is 0 Å². The quantitative estimate of drug-likeness (QED) is 0.640. The third kappa shape index (κ3) is 4.77. The zero-order chi connectivity index (χ0) is 16.3. The fraction of sp³-hybridized carbons (Fsp3) is 0.571. The van der Waals surface area contributed by atoms with Gasteiger partial charge in [-0.05, 0) is 25.7 Å². The molecule has 0 bridgehead atoms. The summed E-state index contributed by atoms with van der Waals surface area (Å²) in [6.45, 7) is 2.93. The minimum Gasteiger partial charge on any atom is -0.341 e. The van der Waals surface area contributed by atoms with Gasteiger partial charge in [-0.25, -0.2) is 0 Å². The fourth-order valence-corrected chi connectivity index (χ4v) is 2.66. The van der Waals surface area contributed by atoms with Crippen molar-refractivity contribution in [2.45, 2.75) is 32.4 Å². The summed E-state index contributed by atoms with van der Waals surface area (Å²) in [5.41, 5.74) is 5.25. The molecule has 2 rings (SSSR count). The topological polar surface area (TPSA) is 111 Å². The SMILES string of the molecule is CC(N)C1CCCN(C(=O)Cn2cc([N+](=O)[O-])ccc2=O)C1.Cl. The average molecular weight is 345 g/mol. The number of halogens is 1. The van der Waals surface area contributed by atoms with Gasteiger partial charge in [-0.1, -0.05) is 0 Å². The summed E-state index contributed by atoms with van der Waals surface area (Å²) in [5, 5.41) is 10.8. The third-order valence-corrected chi connectivity index (χ3v) is 4.04. The molecule has 1 aliphatic rings. The molecular formula is C14H21ClN4O4. The summed E-state index contributed by atoms with van der Waals surface area (Å²) >= 11 is 0. The van der Waals surface area contributed by atoms with E-state index in [0.29, 0.717) is 13.1 Å². The van der Waals surface area contributed by atoms with Gasteiger partial charge in [0.1, 0.15) is 6.54 Å². The molecule has 0 aromatic carbocycles. The van der Waals surface area contributed by atoms with Crippen molar-refractivity contribution in [2.75, 3.05) is 13.1 Å². The lowest BCUT2D eigenvalue weighted by Gasteiger charge is -2.34. The van der Waals surface area contributed by atoms with Gasteiger partial charge < -0.3 is 10.6 Å². The summed E-state index contributed by atoms with van der Waals surface area (Å²) in [5.74, 6) is 0.0347. The van der Waals surface area contributed by atoms with E-state index in [2.05, 4.69) is 0 Å². The molecule has 1 saturated heterocycles. The largest absolute Gasteiger partial charge is 0.341 e. The van der Waals surface area contributed by atoms with Gasteiger partial charge in [0.25, 0.3) is 11.2 Å². The molecular weight excluding hydrogens is 324 g/mol. The lowest BCUT2D eigenvalue weighted by Crippen LogP contribution is -2.46. The van der Waals surface area contributed by atoms with Crippen LogP contribution in [0.3, 0.4) is 0 Å². The minimum absolute atomic E-state index is 0. The van der Waals surface area contributed by atoms with E-state index in [0.717, 1.165) is 35.7 Å². The van der Waals surface area contributed by atoms with Crippen molar-refractivity contribution in [2.24, 2.45) is 11.7 Å². The van der Waals surface area contributed by atoms with Gasteiger partial charge in [-0.3, -0.25) is 24.3 Å². The second-order valence-corrected chi connectivity index (χ2v) is 5.71. The average Bonchev–Trinajstić information content (AvgIpc) is 2.49. The Hall–Kier alpha value is -1.93. The van der Waals surface area contributed by atoms with Crippen LogP contribution in [0, 0.1) is 16.0 Å². The Bertz CT molecular complexity index is 631. The number of hydrogen-bond donors (Lipinski definition) is 1. The minimum atomic E-state index is -0.590. The highest BCUT2D eigenvalue weighted by molar-refractivity contribution is 5.85. The molecule has 8 nitrogen and oxygen atoms in total. The van der Waals surface area contributed by atoms with Crippen LogP contribution in [-0.2, 0) is 11.3 Å². The van der Waals surface area contributed by atoms with Crippen LogP contribution in [0.25, 0.3) is 0 Å². The van der Waals surface area contributed by atoms with Gasteiger partial charge in [0.15, 0.2) is 0 Å². The Morgan fingerprint density at radius 1 is 1.52 bits per heavy atom. The van der Waals surface area contributed by atoms with Crippen LogP contribution < -0.4 is 11.3 Å². The molecule has 0 aliphatic carbocycles. The molecule has 1 aromatic rings. The maximum absolute atomic E-state index is 12.3. The lowest BCUT2D eigenvalue weighted by atomic mass is 9.92. The van der Waals surface area contributed by atoms with Crippen molar-refractivity contribution in [3.05, 3.63) is 38.8 Å². The van der Waals surface area contributed by atoms with E-state index in [9.17, 15) is 19.7 Å². The number of nitrogens with two attached hydrogens (primary N) is 1. The van der Waals surface area contributed by atoms with E-state index >= 15 is 0 Å². The molecule has 1 fully saturated rings. The molecule has 0 spiro atoms. The highest BCUT2D eigenvalue weighted by Gasteiger charge is 2.26. The number of likely N-dealkylation sites (tertiary alicyclic amines) is 1. The highest BCUT2D eigenvalue weighted by Crippen LogP contribution is 2.19. The Morgan fingerprint density at radius 2 is 2.22 bits per heavy atom. The Balaban J connectivity index is 0.00000264. The van der Waals surface area contributed by atoms with Gasteiger partial charge in [0.2, 0.25) is 5.91 Å². The van der Waals surface area contributed by atoms with Crippen molar-refractivity contribution in [3.8, 4) is 0 Å². The lowest BCUT2D eigenvalue weighted by molar-refractivity contribution is -0.385. The summed E-state index contributed by atoms with van der Waals surface area (Å²) in [7, 11) is 0. The molecule has 23 heavy (non-hydrogen) atoms. The Morgan fingerprint density at radius 3 is 2.83 bits per heavy atom. The van der Waals surface area contributed by atoms with Crippen molar-refractivity contribution >= 4 is 24.0 Å². The van der Waals surface area contributed by atoms with Crippen molar-refractivity contribution in [1.29, 1.82) is 0 Å². The number of carbonyl (C=O) groups excluding carboxylic acids is 1. The number of hydrogen-bond acceptors (Lipinski definition) is 5. The first-order valence-electron chi connectivity index (χ1n) is 7.26. The number of aromatic nitrogens is 1. The van der Waals surface area contributed by atoms with E-state index in [4.69, 9.17) is 5.73 Å². The summed E-state index contributed by atoms with van der Waals surface area (Å²) in [4.78, 5) is 35.9.